The smallest absolute Gasteiger partial charge is 0.329 e. The zero-order valence-corrected chi connectivity index (χ0v) is 14.3. The van der Waals surface area contributed by atoms with Gasteiger partial charge in [0.15, 0.2) is 0 Å². The third-order valence-electron chi connectivity index (χ3n) is 4.02. The topological polar surface area (TPSA) is 47.6 Å². The maximum absolute atomic E-state index is 12.7. The Labute approximate surface area is 130 Å². The van der Waals surface area contributed by atoms with Gasteiger partial charge >= 0.3 is 5.97 Å². The molecule has 1 aliphatic heterocycles. The van der Waals surface area contributed by atoms with Gasteiger partial charge < -0.3 is 9.47 Å². The highest BCUT2D eigenvalue weighted by atomic mass is 32.1. The number of nitrogens with one attached hydrogen (secondary N) is 1. The summed E-state index contributed by atoms with van der Waals surface area (Å²) in [6, 6.07) is 4.07. The van der Waals surface area contributed by atoms with Crippen LogP contribution in [0.1, 0.15) is 45.9 Å². The van der Waals surface area contributed by atoms with E-state index in [1.54, 1.807) is 11.3 Å². The Hall–Kier alpha value is -0.910. The van der Waals surface area contributed by atoms with Gasteiger partial charge in [0, 0.05) is 17.8 Å². The molecule has 2 rings (SSSR count). The van der Waals surface area contributed by atoms with Crippen molar-refractivity contribution < 1.29 is 14.3 Å². The fourth-order valence-electron chi connectivity index (χ4n) is 3.24. The van der Waals surface area contributed by atoms with Crippen LogP contribution in [0.2, 0.25) is 0 Å². The molecule has 21 heavy (non-hydrogen) atoms. The molecule has 4 nitrogen and oxygen atoms in total. The van der Waals surface area contributed by atoms with Crippen molar-refractivity contribution in [2.75, 3.05) is 6.61 Å². The quantitative estimate of drug-likeness (QED) is 0.849. The normalized spacial score (nSPS) is 26.7. The molecule has 118 valence electrons. The zero-order valence-electron chi connectivity index (χ0n) is 13.5. The van der Waals surface area contributed by atoms with E-state index in [2.05, 4.69) is 11.4 Å². The van der Waals surface area contributed by atoms with E-state index in [1.165, 1.54) is 4.88 Å². The Balaban J connectivity index is 2.28. The van der Waals surface area contributed by atoms with Crippen LogP contribution in [0.5, 0.6) is 0 Å². The van der Waals surface area contributed by atoms with E-state index in [4.69, 9.17) is 9.47 Å². The van der Waals surface area contributed by atoms with Crippen LogP contribution in [-0.2, 0) is 20.8 Å². The van der Waals surface area contributed by atoms with E-state index in [-0.39, 0.29) is 11.6 Å². The second-order valence-corrected chi connectivity index (χ2v) is 7.64. The highest BCUT2D eigenvalue weighted by molar-refractivity contribution is 7.09. The molecule has 5 heteroatoms. The molecule has 0 aliphatic carbocycles. The van der Waals surface area contributed by atoms with Crippen molar-refractivity contribution in [3.05, 3.63) is 22.4 Å². The molecular formula is C16H25NO3S. The molecule has 1 aromatic heterocycles. The summed E-state index contributed by atoms with van der Waals surface area (Å²) in [6.45, 7) is 10.8. The minimum atomic E-state index is -0.823. The first kappa shape index (κ1) is 16.5. The molecule has 1 atom stereocenters. The summed E-state index contributed by atoms with van der Waals surface area (Å²) in [5, 5.41) is 5.47. The van der Waals surface area contributed by atoms with Crippen molar-refractivity contribution in [1.29, 1.82) is 0 Å². The van der Waals surface area contributed by atoms with Crippen LogP contribution >= 0.6 is 11.3 Å². The van der Waals surface area contributed by atoms with E-state index in [0.29, 0.717) is 19.6 Å². The Morgan fingerprint density at radius 3 is 2.62 bits per heavy atom. The van der Waals surface area contributed by atoms with Crippen molar-refractivity contribution in [3.63, 3.8) is 0 Å². The van der Waals surface area contributed by atoms with Crippen LogP contribution in [-0.4, -0.2) is 29.3 Å². The number of carbonyl (C=O) groups excluding carboxylic acids is 1. The predicted molar refractivity (Wildman–Crippen MR) is 84.4 cm³/mol. The number of rotatable bonds is 5. The van der Waals surface area contributed by atoms with E-state index >= 15 is 0 Å². The molecule has 1 fully saturated rings. The molecular weight excluding hydrogens is 286 g/mol. The maximum atomic E-state index is 12.7. The van der Waals surface area contributed by atoms with Gasteiger partial charge in [-0.25, -0.2) is 4.79 Å². The van der Waals surface area contributed by atoms with Gasteiger partial charge in [-0.3, -0.25) is 5.32 Å². The summed E-state index contributed by atoms with van der Waals surface area (Å²) in [4.78, 5) is 13.9. The number of hydrogen-bond donors (Lipinski definition) is 1. The monoisotopic (exact) mass is 311 g/mol. The second kappa shape index (κ2) is 5.71. The minimum absolute atomic E-state index is 0.225. The third-order valence-corrected chi connectivity index (χ3v) is 4.89. The summed E-state index contributed by atoms with van der Waals surface area (Å²) >= 11 is 1.67. The van der Waals surface area contributed by atoms with E-state index in [9.17, 15) is 4.79 Å². The molecule has 1 N–H and O–H groups in total. The SMILES string of the molecule is CCOC(=O)C1(NCc2cccs2)CC(C)(C)OC1(C)C. The van der Waals surface area contributed by atoms with Crippen molar-refractivity contribution in [2.24, 2.45) is 0 Å². The molecule has 0 amide bonds. The molecule has 1 unspecified atom stereocenters. The fraction of sp³-hybridized carbons (Fsp3) is 0.688. The second-order valence-electron chi connectivity index (χ2n) is 6.61. The first-order valence-corrected chi connectivity index (χ1v) is 8.25. The average molecular weight is 311 g/mol. The van der Waals surface area contributed by atoms with Crippen molar-refractivity contribution in [3.8, 4) is 0 Å². The molecule has 1 saturated heterocycles. The number of esters is 1. The first-order chi connectivity index (χ1) is 9.72. The standard InChI is InChI=1S/C16H25NO3S/c1-6-19-13(18)16(17-10-12-8-7-9-21-12)11-14(2,3)20-15(16,4)5/h7-9,17H,6,10-11H2,1-5H3. The zero-order chi connectivity index (χ0) is 15.7. The van der Waals surface area contributed by atoms with E-state index in [0.717, 1.165) is 0 Å². The van der Waals surface area contributed by atoms with Crippen molar-refractivity contribution >= 4 is 17.3 Å². The third kappa shape index (κ3) is 3.15. The summed E-state index contributed by atoms with van der Waals surface area (Å²) in [5.74, 6) is -0.225. The van der Waals surface area contributed by atoms with Gasteiger partial charge in [-0.05, 0) is 46.1 Å². The lowest BCUT2D eigenvalue weighted by Gasteiger charge is -2.38. The highest BCUT2D eigenvalue weighted by Gasteiger charge is 2.62. The molecule has 0 spiro atoms. The highest BCUT2D eigenvalue weighted by Crippen LogP contribution is 2.46. The summed E-state index contributed by atoms with van der Waals surface area (Å²) < 4.78 is 11.5. The molecule has 0 bridgehead atoms. The lowest BCUT2D eigenvalue weighted by molar-refractivity contribution is -0.160. The molecule has 0 radical (unpaired) electrons. The van der Waals surface area contributed by atoms with E-state index < -0.39 is 11.1 Å². The van der Waals surface area contributed by atoms with Crippen LogP contribution in [0.15, 0.2) is 17.5 Å². The van der Waals surface area contributed by atoms with Crippen LogP contribution in [0.25, 0.3) is 0 Å². The maximum Gasteiger partial charge on any atom is 0.329 e. The number of thiophene rings is 1. The number of hydrogen-bond acceptors (Lipinski definition) is 5. The number of ether oxygens (including phenoxy) is 2. The van der Waals surface area contributed by atoms with Gasteiger partial charge in [0.1, 0.15) is 5.54 Å². The van der Waals surface area contributed by atoms with Crippen LogP contribution < -0.4 is 5.32 Å². The lowest BCUT2D eigenvalue weighted by Crippen LogP contribution is -2.62. The lowest BCUT2D eigenvalue weighted by atomic mass is 9.79. The summed E-state index contributed by atoms with van der Waals surface area (Å²) in [5.41, 5.74) is -1.81. The largest absolute Gasteiger partial charge is 0.465 e. The predicted octanol–water partition coefficient (Wildman–Crippen LogP) is 3.12. The average Bonchev–Trinajstić information content (AvgIpc) is 2.91. The molecule has 0 saturated carbocycles. The summed E-state index contributed by atoms with van der Waals surface area (Å²) in [7, 11) is 0. The molecule has 0 aromatic carbocycles. The molecule has 1 aromatic rings. The Kier molecular flexibility index (Phi) is 4.47. The minimum Gasteiger partial charge on any atom is -0.465 e. The Bertz CT molecular complexity index is 496. The van der Waals surface area contributed by atoms with E-state index in [1.807, 2.05) is 46.1 Å². The Morgan fingerprint density at radius 1 is 1.43 bits per heavy atom. The van der Waals surface area contributed by atoms with Crippen LogP contribution in [0, 0.1) is 0 Å². The Morgan fingerprint density at radius 2 is 2.14 bits per heavy atom. The van der Waals surface area contributed by atoms with Crippen molar-refractivity contribution in [1.82, 2.24) is 5.32 Å². The van der Waals surface area contributed by atoms with Crippen molar-refractivity contribution in [2.45, 2.75) is 64.3 Å². The van der Waals surface area contributed by atoms with Gasteiger partial charge in [-0.15, -0.1) is 11.3 Å². The first-order valence-electron chi connectivity index (χ1n) is 7.37. The molecule has 1 aliphatic rings. The fourth-order valence-corrected chi connectivity index (χ4v) is 3.88. The van der Waals surface area contributed by atoms with Gasteiger partial charge in [0.05, 0.1) is 17.8 Å². The summed E-state index contributed by atoms with van der Waals surface area (Å²) in [6.07, 6.45) is 0.594. The van der Waals surface area contributed by atoms with Gasteiger partial charge in [-0.2, -0.15) is 0 Å². The van der Waals surface area contributed by atoms with Gasteiger partial charge in [0.2, 0.25) is 0 Å². The van der Waals surface area contributed by atoms with Gasteiger partial charge in [0.25, 0.3) is 0 Å². The number of carbonyl (C=O) groups is 1. The van der Waals surface area contributed by atoms with Crippen LogP contribution in [0.3, 0.4) is 0 Å². The van der Waals surface area contributed by atoms with Gasteiger partial charge in [-0.1, -0.05) is 6.07 Å². The molecule has 2 heterocycles. The van der Waals surface area contributed by atoms with Crippen LogP contribution in [0.4, 0.5) is 0 Å².